The Morgan fingerprint density at radius 1 is 0.800 bits per heavy atom. The van der Waals surface area contributed by atoms with Gasteiger partial charge in [-0.15, -0.1) is 0 Å². The third-order valence-electron chi connectivity index (χ3n) is 3.65. The molecule has 0 aliphatic rings. The molecule has 25 heavy (non-hydrogen) atoms. The van der Waals surface area contributed by atoms with Crippen molar-refractivity contribution in [2.45, 2.75) is 0 Å². The minimum Gasteiger partial charge on any atom is -0.464 e. The van der Waals surface area contributed by atoms with E-state index in [1.807, 2.05) is 78.9 Å². The van der Waals surface area contributed by atoms with Crippen LogP contribution >= 0.6 is 0 Å². The Kier molecular flexibility index (Phi) is 4.16. The first-order valence-electron chi connectivity index (χ1n) is 7.97. The van der Waals surface area contributed by atoms with E-state index in [9.17, 15) is 0 Å². The normalized spacial score (nSPS) is 10.4. The van der Waals surface area contributed by atoms with Gasteiger partial charge in [0.2, 0.25) is 0 Å². The van der Waals surface area contributed by atoms with Crippen LogP contribution in [0.15, 0.2) is 95.7 Å². The second kappa shape index (κ2) is 6.93. The summed E-state index contributed by atoms with van der Waals surface area (Å²) in [5.74, 6) is 3.13. The van der Waals surface area contributed by atoms with Gasteiger partial charge >= 0.3 is 0 Å². The number of rotatable bonds is 5. The van der Waals surface area contributed by atoms with Crippen LogP contribution in [0.1, 0.15) is 0 Å². The SMILES string of the molecule is c1ccc(Oc2cccc(Nc3ccc(-c4ccco4)cn3)c2)cc1. The van der Waals surface area contributed by atoms with Gasteiger partial charge in [-0.25, -0.2) is 4.98 Å². The maximum absolute atomic E-state index is 5.85. The van der Waals surface area contributed by atoms with Crippen LogP contribution < -0.4 is 10.1 Å². The number of nitrogens with zero attached hydrogens (tertiary/aromatic N) is 1. The second-order valence-corrected chi connectivity index (χ2v) is 5.48. The molecule has 4 aromatic rings. The fourth-order valence-electron chi connectivity index (χ4n) is 2.47. The van der Waals surface area contributed by atoms with Crippen LogP contribution in [0.3, 0.4) is 0 Å². The smallest absolute Gasteiger partial charge is 0.135 e. The van der Waals surface area contributed by atoms with E-state index in [0.29, 0.717) is 0 Å². The third kappa shape index (κ3) is 3.70. The number of aromatic nitrogens is 1. The highest BCUT2D eigenvalue weighted by atomic mass is 16.5. The lowest BCUT2D eigenvalue weighted by Crippen LogP contribution is -1.94. The molecule has 122 valence electrons. The van der Waals surface area contributed by atoms with Crippen molar-refractivity contribution in [3.8, 4) is 22.8 Å². The van der Waals surface area contributed by atoms with E-state index in [-0.39, 0.29) is 0 Å². The number of anilines is 2. The zero-order valence-corrected chi connectivity index (χ0v) is 13.4. The lowest BCUT2D eigenvalue weighted by Gasteiger charge is -2.09. The van der Waals surface area contributed by atoms with Gasteiger partial charge in [0.15, 0.2) is 0 Å². The van der Waals surface area contributed by atoms with E-state index in [1.54, 1.807) is 12.5 Å². The largest absolute Gasteiger partial charge is 0.464 e. The highest BCUT2D eigenvalue weighted by molar-refractivity contribution is 5.62. The molecule has 2 aromatic carbocycles. The molecule has 0 saturated carbocycles. The molecular weight excluding hydrogens is 312 g/mol. The summed E-state index contributed by atoms with van der Waals surface area (Å²) in [6.07, 6.45) is 3.44. The maximum Gasteiger partial charge on any atom is 0.135 e. The van der Waals surface area contributed by atoms with Gasteiger partial charge in [-0.05, 0) is 48.5 Å². The molecule has 0 unspecified atom stereocenters. The fourth-order valence-corrected chi connectivity index (χ4v) is 2.47. The number of nitrogens with one attached hydrogen (secondary N) is 1. The summed E-state index contributed by atoms with van der Waals surface area (Å²) in [5, 5.41) is 3.28. The first-order chi connectivity index (χ1) is 12.4. The molecule has 0 amide bonds. The summed E-state index contributed by atoms with van der Waals surface area (Å²) < 4.78 is 11.2. The molecular formula is C21H16N2O2. The zero-order valence-electron chi connectivity index (χ0n) is 13.4. The van der Waals surface area contributed by atoms with Crippen LogP contribution in [-0.4, -0.2) is 4.98 Å². The van der Waals surface area contributed by atoms with Crippen molar-refractivity contribution in [3.05, 3.63) is 91.3 Å². The van der Waals surface area contributed by atoms with Gasteiger partial charge in [-0.1, -0.05) is 24.3 Å². The van der Waals surface area contributed by atoms with Gasteiger partial charge in [0.1, 0.15) is 23.1 Å². The van der Waals surface area contributed by atoms with E-state index in [0.717, 1.165) is 34.3 Å². The van der Waals surface area contributed by atoms with Gasteiger partial charge in [0.05, 0.1) is 6.26 Å². The van der Waals surface area contributed by atoms with Crippen molar-refractivity contribution in [2.24, 2.45) is 0 Å². The zero-order chi connectivity index (χ0) is 16.9. The molecule has 4 nitrogen and oxygen atoms in total. The predicted octanol–water partition coefficient (Wildman–Crippen LogP) is 5.88. The number of pyridine rings is 1. The van der Waals surface area contributed by atoms with Crippen molar-refractivity contribution in [2.75, 3.05) is 5.32 Å². The lowest BCUT2D eigenvalue weighted by atomic mass is 10.2. The Morgan fingerprint density at radius 2 is 1.68 bits per heavy atom. The van der Waals surface area contributed by atoms with Gasteiger partial charge in [-0.3, -0.25) is 0 Å². The Hall–Kier alpha value is -3.53. The highest BCUT2D eigenvalue weighted by Crippen LogP contribution is 2.26. The molecule has 2 heterocycles. The average molecular weight is 328 g/mol. The first kappa shape index (κ1) is 15.0. The number of ether oxygens (including phenoxy) is 1. The molecule has 4 rings (SSSR count). The summed E-state index contributed by atoms with van der Waals surface area (Å²) >= 11 is 0. The number of hydrogen-bond donors (Lipinski definition) is 1. The van der Waals surface area contributed by atoms with Crippen LogP contribution in [0.25, 0.3) is 11.3 Å². The Labute approximate surface area is 145 Å². The molecule has 0 radical (unpaired) electrons. The fraction of sp³-hybridized carbons (Fsp3) is 0. The topological polar surface area (TPSA) is 47.3 Å². The van der Waals surface area contributed by atoms with Gasteiger partial charge in [0.25, 0.3) is 0 Å². The molecule has 4 heteroatoms. The summed E-state index contributed by atoms with van der Waals surface area (Å²) in [7, 11) is 0. The Balaban J connectivity index is 1.48. The molecule has 0 saturated heterocycles. The molecule has 0 spiro atoms. The number of para-hydroxylation sites is 1. The quantitative estimate of drug-likeness (QED) is 0.497. The van der Waals surface area contributed by atoms with Crippen molar-refractivity contribution in [1.82, 2.24) is 4.98 Å². The molecule has 0 bridgehead atoms. The van der Waals surface area contributed by atoms with Crippen LogP contribution in [0.2, 0.25) is 0 Å². The van der Waals surface area contributed by atoms with E-state index in [2.05, 4.69) is 10.3 Å². The number of furan rings is 1. The maximum atomic E-state index is 5.85. The van der Waals surface area contributed by atoms with Crippen LogP contribution in [0.4, 0.5) is 11.5 Å². The third-order valence-corrected chi connectivity index (χ3v) is 3.65. The van der Waals surface area contributed by atoms with Gasteiger partial charge < -0.3 is 14.5 Å². The van der Waals surface area contributed by atoms with Crippen molar-refractivity contribution in [3.63, 3.8) is 0 Å². The Bertz CT molecular complexity index is 933. The highest BCUT2D eigenvalue weighted by Gasteiger charge is 2.03. The van der Waals surface area contributed by atoms with Crippen LogP contribution in [0, 0.1) is 0 Å². The lowest BCUT2D eigenvalue weighted by molar-refractivity contribution is 0.483. The minimum absolute atomic E-state index is 0.757. The van der Waals surface area contributed by atoms with Crippen molar-refractivity contribution in [1.29, 1.82) is 0 Å². The van der Waals surface area contributed by atoms with Gasteiger partial charge in [-0.2, -0.15) is 0 Å². The molecule has 0 aliphatic heterocycles. The molecule has 1 N–H and O–H groups in total. The Morgan fingerprint density at radius 3 is 2.44 bits per heavy atom. The summed E-state index contributed by atoms with van der Waals surface area (Å²) in [4.78, 5) is 4.43. The summed E-state index contributed by atoms with van der Waals surface area (Å²) in [6.45, 7) is 0. The number of hydrogen-bond acceptors (Lipinski definition) is 4. The van der Waals surface area contributed by atoms with Gasteiger partial charge in [0, 0.05) is 23.5 Å². The minimum atomic E-state index is 0.757. The van der Waals surface area contributed by atoms with Crippen molar-refractivity contribution >= 4 is 11.5 Å². The predicted molar refractivity (Wildman–Crippen MR) is 98.2 cm³/mol. The van der Waals surface area contributed by atoms with E-state index < -0.39 is 0 Å². The average Bonchev–Trinajstić information content (AvgIpc) is 3.18. The van der Waals surface area contributed by atoms with Crippen LogP contribution in [-0.2, 0) is 0 Å². The van der Waals surface area contributed by atoms with Crippen molar-refractivity contribution < 1.29 is 9.15 Å². The standard InChI is InChI=1S/C21H16N2O2/c1-2-7-18(8-3-1)25-19-9-4-6-17(14-19)23-21-12-11-16(15-22-21)20-10-5-13-24-20/h1-15H,(H,22,23). The molecule has 0 atom stereocenters. The molecule has 2 aromatic heterocycles. The van der Waals surface area contributed by atoms with E-state index in [4.69, 9.17) is 9.15 Å². The monoisotopic (exact) mass is 328 g/mol. The first-order valence-corrected chi connectivity index (χ1v) is 7.97. The van der Waals surface area contributed by atoms with E-state index in [1.165, 1.54) is 0 Å². The summed E-state index contributed by atoms with van der Waals surface area (Å²) in [5.41, 5.74) is 1.85. The number of benzene rings is 2. The van der Waals surface area contributed by atoms with Crippen LogP contribution in [0.5, 0.6) is 11.5 Å². The molecule has 0 aliphatic carbocycles. The summed E-state index contributed by atoms with van der Waals surface area (Å²) in [6, 6.07) is 25.1. The molecule has 0 fully saturated rings. The van der Waals surface area contributed by atoms with E-state index >= 15 is 0 Å². The second-order valence-electron chi connectivity index (χ2n) is 5.48.